The van der Waals surface area contributed by atoms with Gasteiger partial charge in [0.05, 0.1) is 5.92 Å². The average molecular weight is 489 g/mol. The van der Waals surface area contributed by atoms with Crippen LogP contribution in [0.3, 0.4) is 0 Å². The maximum Gasteiger partial charge on any atom is 0.372 e. The largest absolute Gasteiger partial charge is 0.477 e. The molecule has 2 aliphatic heterocycles. The molecule has 2 unspecified atom stereocenters. The number of aliphatic carboxylic acids is 1. The number of thiazole rings is 1. The van der Waals surface area contributed by atoms with Crippen LogP contribution >= 0.6 is 11.3 Å². The van der Waals surface area contributed by atoms with E-state index in [9.17, 15) is 24.3 Å². The maximum atomic E-state index is 13.0. The molecule has 0 saturated carbocycles. The van der Waals surface area contributed by atoms with E-state index in [0.717, 1.165) is 11.3 Å². The Labute approximate surface area is 196 Å². The average Bonchev–Trinajstić information content (AvgIpc) is 3.50. The first-order valence-electron chi connectivity index (χ1n) is 9.88. The van der Waals surface area contributed by atoms with Crippen LogP contribution in [-0.4, -0.2) is 70.1 Å². The third-order valence-corrected chi connectivity index (χ3v) is 5.91. The lowest BCUT2D eigenvalue weighted by Crippen LogP contribution is -2.57. The Kier molecular flexibility index (Phi) is 6.17. The first-order chi connectivity index (χ1) is 16.3. The first-order valence-corrected chi connectivity index (χ1v) is 10.8. The number of aromatic nitrogens is 1. The highest BCUT2D eigenvalue weighted by molar-refractivity contribution is 7.13. The molecule has 4 rings (SSSR count). The number of hydrogen-bond acceptors (Lipinski definition) is 11. The van der Waals surface area contributed by atoms with Crippen molar-refractivity contribution in [2.24, 2.45) is 5.16 Å². The van der Waals surface area contributed by atoms with Crippen LogP contribution in [0.1, 0.15) is 23.6 Å². The lowest BCUT2D eigenvalue weighted by atomic mass is 9.93. The molecule has 13 nitrogen and oxygen atoms in total. The van der Waals surface area contributed by atoms with Gasteiger partial charge in [-0.3, -0.25) is 19.2 Å². The molecule has 4 N–H and O–H groups in total. The van der Waals surface area contributed by atoms with Crippen LogP contribution in [-0.2, 0) is 33.6 Å². The smallest absolute Gasteiger partial charge is 0.372 e. The summed E-state index contributed by atoms with van der Waals surface area (Å²) in [6.45, 7) is -0.396. The summed E-state index contributed by atoms with van der Waals surface area (Å²) in [6.07, 6.45) is -0.369. The van der Waals surface area contributed by atoms with Gasteiger partial charge in [0, 0.05) is 11.8 Å². The molecule has 1 aromatic carbocycles. The summed E-state index contributed by atoms with van der Waals surface area (Å²) < 4.78 is 5.21. The summed E-state index contributed by atoms with van der Waals surface area (Å²) in [5.74, 6) is -5.05. The van der Waals surface area contributed by atoms with Crippen molar-refractivity contribution in [3.8, 4) is 0 Å². The summed E-state index contributed by atoms with van der Waals surface area (Å²) in [5.41, 5.74) is 3.63. The van der Waals surface area contributed by atoms with Gasteiger partial charge in [0.2, 0.25) is 0 Å². The molecule has 0 spiro atoms. The number of nitrogens with one attached hydrogen (secondary N) is 1. The topological polar surface area (TPSA) is 183 Å². The number of benzene rings is 1. The molecule has 2 amide bonds. The van der Waals surface area contributed by atoms with Gasteiger partial charge >= 0.3 is 17.7 Å². The molecule has 178 valence electrons. The van der Waals surface area contributed by atoms with Crippen molar-refractivity contribution in [1.29, 1.82) is 0 Å². The second-order valence-electron chi connectivity index (χ2n) is 7.33. The number of rotatable bonds is 7. The number of anilines is 1. The minimum atomic E-state index is -2.39. The van der Waals surface area contributed by atoms with Crippen molar-refractivity contribution < 1.29 is 38.7 Å². The van der Waals surface area contributed by atoms with Gasteiger partial charge in [0.15, 0.2) is 10.8 Å². The summed E-state index contributed by atoms with van der Waals surface area (Å²) in [5, 5.41) is 18.1. The van der Waals surface area contributed by atoms with Gasteiger partial charge in [0.1, 0.15) is 25.5 Å². The number of carboxylic acids is 1. The molecule has 2 saturated heterocycles. The number of carboxylic acid groups (broad SMARTS) is 1. The lowest BCUT2D eigenvalue weighted by Gasteiger charge is -2.30. The molecule has 2 aliphatic rings. The van der Waals surface area contributed by atoms with Crippen molar-refractivity contribution >= 4 is 45.9 Å². The summed E-state index contributed by atoms with van der Waals surface area (Å²) >= 11 is 1.07. The molecule has 2 aromatic rings. The van der Waals surface area contributed by atoms with E-state index in [-0.39, 0.29) is 23.0 Å². The number of hydrogen-bond donors (Lipinski definition) is 3. The number of oxime groups is 1. The first kappa shape index (κ1) is 23.1. The van der Waals surface area contributed by atoms with Gasteiger partial charge in [-0.2, -0.15) is 5.06 Å². The zero-order valence-corrected chi connectivity index (χ0v) is 18.5. The highest BCUT2D eigenvalue weighted by atomic mass is 32.1. The summed E-state index contributed by atoms with van der Waals surface area (Å²) in [6, 6.07) is 7.16. The minimum absolute atomic E-state index is 0.127. The number of carbonyl (C=O) groups is 4. The van der Waals surface area contributed by atoms with E-state index in [1.54, 1.807) is 30.3 Å². The number of carbonyl (C=O) groups excluding carboxylic acids is 3. The van der Waals surface area contributed by atoms with Crippen LogP contribution in [0.4, 0.5) is 5.13 Å². The van der Waals surface area contributed by atoms with Crippen LogP contribution in [0, 0.1) is 0 Å². The van der Waals surface area contributed by atoms with Crippen molar-refractivity contribution in [3.63, 3.8) is 0 Å². The predicted molar refractivity (Wildman–Crippen MR) is 115 cm³/mol. The SMILES string of the molecule is CO/N=C(\C(=O)N[C@H]1CON(C2(C(=O)O)CC(c3ccccc3)C(=O)O2)C1=O)c1csc(N)n1. The van der Waals surface area contributed by atoms with E-state index in [0.29, 0.717) is 10.6 Å². The van der Waals surface area contributed by atoms with E-state index in [1.807, 2.05) is 0 Å². The zero-order valence-electron chi connectivity index (χ0n) is 17.7. The number of hydroxylamine groups is 2. The van der Waals surface area contributed by atoms with Crippen LogP contribution in [0.25, 0.3) is 0 Å². The molecule has 0 aliphatic carbocycles. The van der Waals surface area contributed by atoms with Crippen molar-refractivity contribution in [2.75, 3.05) is 19.5 Å². The fourth-order valence-corrected chi connectivity index (χ4v) is 4.20. The van der Waals surface area contributed by atoms with E-state index >= 15 is 0 Å². The molecule has 3 atom stereocenters. The lowest BCUT2D eigenvalue weighted by molar-refractivity contribution is -0.256. The zero-order chi connectivity index (χ0) is 24.5. The number of nitrogens with two attached hydrogens (primary N) is 1. The maximum absolute atomic E-state index is 13.0. The van der Waals surface area contributed by atoms with Crippen LogP contribution in [0.5, 0.6) is 0 Å². The van der Waals surface area contributed by atoms with Gasteiger partial charge in [-0.15, -0.1) is 11.3 Å². The molecular formula is C20H19N5O8S. The Morgan fingerprint density at radius 2 is 2.09 bits per heavy atom. The molecule has 34 heavy (non-hydrogen) atoms. The van der Waals surface area contributed by atoms with Crippen molar-refractivity contribution in [1.82, 2.24) is 15.4 Å². The highest BCUT2D eigenvalue weighted by Crippen LogP contribution is 2.41. The normalized spacial score (nSPS) is 24.7. The van der Waals surface area contributed by atoms with Crippen LogP contribution < -0.4 is 11.1 Å². The van der Waals surface area contributed by atoms with E-state index in [1.165, 1.54) is 12.5 Å². The quantitative estimate of drug-likeness (QED) is 0.268. The molecular weight excluding hydrogens is 470 g/mol. The minimum Gasteiger partial charge on any atom is -0.477 e. The molecule has 3 heterocycles. The fraction of sp³-hybridized carbons (Fsp3) is 0.300. The number of esters is 1. The number of amides is 2. The Bertz CT molecular complexity index is 1170. The van der Waals surface area contributed by atoms with Gasteiger partial charge in [-0.1, -0.05) is 35.5 Å². The predicted octanol–water partition coefficient (Wildman–Crippen LogP) is -0.154. The highest BCUT2D eigenvalue weighted by Gasteiger charge is 2.62. The molecule has 1 aromatic heterocycles. The van der Waals surface area contributed by atoms with E-state index in [2.05, 4.69) is 20.3 Å². The number of ether oxygens (including phenoxy) is 1. The fourth-order valence-electron chi connectivity index (χ4n) is 3.65. The monoisotopic (exact) mass is 489 g/mol. The van der Waals surface area contributed by atoms with Gasteiger partial charge in [0.25, 0.3) is 11.8 Å². The third kappa shape index (κ3) is 4.04. The molecule has 0 radical (unpaired) electrons. The standard InChI is InChI=1S/C20H19N5O8S/c1-31-24-14(13-9-34-19(21)23-13)15(26)22-12-8-32-25(16(12)27)20(18(29)30)7-11(17(28)33-20)10-5-3-2-4-6-10/h2-6,9,11-12H,7-8H2,1H3,(H2,21,23)(H,22,26)(H,29,30)/b24-14-/t11?,12-,20?/m0/s1. The van der Waals surface area contributed by atoms with Gasteiger partial charge in [-0.25, -0.2) is 9.78 Å². The van der Waals surface area contributed by atoms with Crippen LogP contribution in [0.2, 0.25) is 0 Å². The molecule has 14 heteroatoms. The second-order valence-corrected chi connectivity index (χ2v) is 8.22. The molecule has 0 bridgehead atoms. The summed E-state index contributed by atoms with van der Waals surface area (Å²) in [4.78, 5) is 64.5. The Morgan fingerprint density at radius 3 is 2.71 bits per heavy atom. The number of nitrogens with zero attached hydrogens (tertiary/aromatic N) is 3. The second kappa shape index (κ2) is 9.07. The van der Waals surface area contributed by atoms with Crippen molar-refractivity contribution in [3.05, 3.63) is 47.0 Å². The summed E-state index contributed by atoms with van der Waals surface area (Å²) in [7, 11) is 1.22. The third-order valence-electron chi connectivity index (χ3n) is 5.24. The van der Waals surface area contributed by atoms with Gasteiger partial charge in [-0.05, 0) is 5.56 Å². The van der Waals surface area contributed by atoms with Gasteiger partial charge < -0.3 is 25.7 Å². The number of nitrogen functional groups attached to an aromatic ring is 1. The van der Waals surface area contributed by atoms with E-state index < -0.39 is 48.0 Å². The van der Waals surface area contributed by atoms with Crippen molar-refractivity contribution in [2.45, 2.75) is 24.1 Å². The molecule has 2 fully saturated rings. The van der Waals surface area contributed by atoms with Crippen LogP contribution in [0.15, 0.2) is 40.9 Å². The Balaban J connectivity index is 1.53. The Hall–Kier alpha value is -4.04. The van der Waals surface area contributed by atoms with E-state index in [4.69, 9.17) is 15.3 Å². The number of cyclic esters (lactones) is 1. The Morgan fingerprint density at radius 1 is 1.35 bits per heavy atom.